The number of hydrogen-bond donors (Lipinski definition) is 0. The summed E-state index contributed by atoms with van der Waals surface area (Å²) in [5.74, 6) is -0.172. The van der Waals surface area contributed by atoms with E-state index < -0.39 is 23.9 Å². The van der Waals surface area contributed by atoms with Gasteiger partial charge in [0.2, 0.25) is 0 Å². The van der Waals surface area contributed by atoms with Crippen LogP contribution in [0, 0.1) is 0 Å². The van der Waals surface area contributed by atoms with Crippen LogP contribution in [-0.4, -0.2) is 48.0 Å². The highest BCUT2D eigenvalue weighted by Gasteiger charge is 2.51. The minimum atomic E-state index is -0.962. The van der Waals surface area contributed by atoms with Gasteiger partial charge in [0.1, 0.15) is 5.60 Å². The summed E-state index contributed by atoms with van der Waals surface area (Å²) in [6.45, 7) is 13.9. The van der Waals surface area contributed by atoms with Crippen molar-refractivity contribution >= 4 is 18.7 Å². The molecule has 2 aliphatic heterocycles. The molecule has 154 valence electrons. The van der Waals surface area contributed by atoms with Gasteiger partial charge in [-0.3, -0.25) is 0 Å². The van der Waals surface area contributed by atoms with Crippen molar-refractivity contribution < 1.29 is 24.3 Å². The molecule has 2 heterocycles. The van der Waals surface area contributed by atoms with E-state index in [-0.39, 0.29) is 41.6 Å². The molecule has 0 saturated carbocycles. The highest BCUT2D eigenvalue weighted by Crippen LogP contribution is 2.36. The Morgan fingerprint density at radius 3 is 2.07 bits per heavy atom. The van der Waals surface area contributed by atoms with Crippen LogP contribution in [0.4, 0.5) is 4.79 Å². The Labute approximate surface area is 175 Å². The van der Waals surface area contributed by atoms with Crippen molar-refractivity contribution in [1.82, 2.24) is 4.90 Å². The topological polar surface area (TPSA) is 48.0 Å². The Bertz CT molecular complexity index is 863. The van der Waals surface area contributed by atoms with Gasteiger partial charge in [0.25, 0.3) is 0 Å². The lowest BCUT2D eigenvalue weighted by Crippen LogP contribution is -2.41. The molecule has 0 aromatic heterocycles. The maximum absolute atomic E-state index is 12.3. The van der Waals surface area contributed by atoms with Crippen molar-refractivity contribution in [1.29, 1.82) is 0 Å². The Balaban J connectivity index is 1.84. The van der Waals surface area contributed by atoms with Crippen LogP contribution in [0.3, 0.4) is 0 Å². The minimum absolute atomic E-state index is 0.0635. The first kappa shape index (κ1) is 16.3. The zero-order valence-electron chi connectivity index (χ0n) is 22.1. The second-order valence-corrected chi connectivity index (χ2v) is 9.66. The molecule has 1 amide bonds. The van der Waals surface area contributed by atoms with Crippen LogP contribution in [0.2, 0.25) is 0 Å². The molecule has 0 unspecified atom stereocenters. The molecule has 2 aliphatic rings. The number of carbonyl (C=O) groups is 1. The van der Waals surface area contributed by atoms with Gasteiger partial charge >= 0.3 is 13.2 Å². The molecule has 0 N–H and O–H groups in total. The van der Waals surface area contributed by atoms with E-state index in [1.54, 1.807) is 4.90 Å². The van der Waals surface area contributed by atoms with Crippen LogP contribution in [0.25, 0.3) is 0 Å². The van der Waals surface area contributed by atoms with E-state index in [4.69, 9.17) is 19.5 Å². The van der Waals surface area contributed by atoms with Crippen molar-refractivity contribution in [2.45, 2.75) is 84.0 Å². The van der Waals surface area contributed by atoms with Gasteiger partial charge in [-0.25, -0.2) is 4.79 Å². The summed E-state index contributed by atoms with van der Waals surface area (Å²) in [6, 6.07) is -0.388. The molecule has 5 nitrogen and oxygen atoms in total. The van der Waals surface area contributed by atoms with Crippen LogP contribution >= 0.6 is 0 Å². The molecule has 0 radical (unpaired) electrons. The van der Waals surface area contributed by atoms with E-state index in [1.807, 2.05) is 48.5 Å². The monoisotopic (exact) mass is 391 g/mol. The third kappa shape index (κ3) is 4.55. The molecule has 3 rings (SSSR count). The predicted octanol–water partition coefficient (Wildman–Crippen LogP) is 4.10. The average molecular weight is 391 g/mol. The fraction of sp³-hybridized carbons (Fsp3) is 0.682. The SMILES string of the molecule is [2H]c1c([2H])c(C2CCN(C(=O)OC(C)(C)C)CC2)c([2H])c([2H])c1B1OC(C)(C)C(C)(C)O1. The van der Waals surface area contributed by atoms with Gasteiger partial charge in [-0.15, -0.1) is 0 Å². The largest absolute Gasteiger partial charge is 0.494 e. The fourth-order valence-corrected chi connectivity index (χ4v) is 3.29. The predicted molar refractivity (Wildman–Crippen MR) is 112 cm³/mol. The van der Waals surface area contributed by atoms with Crippen LogP contribution < -0.4 is 5.46 Å². The number of amides is 1. The van der Waals surface area contributed by atoms with Gasteiger partial charge in [0.05, 0.1) is 16.7 Å². The summed E-state index contributed by atoms with van der Waals surface area (Å²) in [4.78, 5) is 14.0. The minimum Gasteiger partial charge on any atom is -0.444 e. The summed E-state index contributed by atoms with van der Waals surface area (Å²) in [6.07, 6.45) is 0.726. The van der Waals surface area contributed by atoms with Crippen LogP contribution in [0.15, 0.2) is 24.2 Å². The van der Waals surface area contributed by atoms with E-state index in [1.165, 1.54) is 0 Å². The number of ether oxygens (including phenoxy) is 1. The Hall–Kier alpha value is -1.53. The maximum Gasteiger partial charge on any atom is 0.494 e. The second-order valence-electron chi connectivity index (χ2n) is 9.66. The van der Waals surface area contributed by atoms with Gasteiger partial charge in [-0.2, -0.15) is 0 Å². The van der Waals surface area contributed by atoms with Crippen molar-refractivity contribution in [2.24, 2.45) is 0 Å². The standard InChI is InChI=1S/C22H34BNO4/c1-20(2,3)26-19(25)24-14-12-17(13-15-24)16-8-10-18(11-9-16)23-27-21(4,5)22(6,7)28-23/h8-11,17H,12-15H2,1-7H3/i8D,9D,10D,11D. The lowest BCUT2D eigenvalue weighted by molar-refractivity contribution is 0.00578. The number of nitrogens with zero attached hydrogens (tertiary/aromatic N) is 1. The smallest absolute Gasteiger partial charge is 0.444 e. The average Bonchev–Trinajstić information content (AvgIpc) is 2.86. The van der Waals surface area contributed by atoms with E-state index in [0.717, 1.165) is 0 Å². The van der Waals surface area contributed by atoms with E-state index in [9.17, 15) is 4.79 Å². The summed E-state index contributed by atoms with van der Waals surface area (Å²) in [7, 11) is -0.962. The number of likely N-dealkylation sites (tertiary alicyclic amines) is 1. The molecule has 2 saturated heterocycles. The van der Waals surface area contributed by atoms with Gasteiger partial charge in [0.15, 0.2) is 0 Å². The zero-order chi connectivity index (χ0) is 24.2. The zero-order valence-corrected chi connectivity index (χ0v) is 18.1. The fourth-order valence-electron chi connectivity index (χ4n) is 3.29. The lowest BCUT2D eigenvalue weighted by atomic mass is 9.77. The first-order chi connectivity index (χ1) is 14.6. The highest BCUT2D eigenvalue weighted by atomic mass is 16.7. The summed E-state index contributed by atoms with van der Waals surface area (Å²) in [5, 5.41) is 0. The number of benzene rings is 1. The molecule has 1 aromatic rings. The normalized spacial score (nSPS) is 24.4. The van der Waals surface area contributed by atoms with Gasteiger partial charge < -0.3 is 18.9 Å². The third-order valence-electron chi connectivity index (χ3n) is 5.71. The van der Waals surface area contributed by atoms with Crippen molar-refractivity contribution in [3.63, 3.8) is 0 Å². The summed E-state index contributed by atoms with van der Waals surface area (Å²) < 4.78 is 51.8. The molecule has 2 fully saturated rings. The molecule has 1 aromatic carbocycles. The van der Waals surface area contributed by atoms with Gasteiger partial charge in [-0.1, -0.05) is 24.2 Å². The molecular formula is C22H34BNO4. The quantitative estimate of drug-likeness (QED) is 0.713. The molecule has 0 atom stereocenters. The lowest BCUT2D eigenvalue weighted by Gasteiger charge is -2.33. The van der Waals surface area contributed by atoms with Crippen molar-refractivity contribution in [3.8, 4) is 0 Å². The third-order valence-corrected chi connectivity index (χ3v) is 5.71. The molecule has 28 heavy (non-hydrogen) atoms. The Morgan fingerprint density at radius 1 is 1.11 bits per heavy atom. The highest BCUT2D eigenvalue weighted by molar-refractivity contribution is 6.62. The summed E-state index contributed by atoms with van der Waals surface area (Å²) >= 11 is 0. The molecule has 0 bridgehead atoms. The van der Waals surface area contributed by atoms with E-state index in [2.05, 4.69) is 0 Å². The van der Waals surface area contributed by atoms with E-state index >= 15 is 0 Å². The number of carbonyl (C=O) groups excluding carboxylic acids is 1. The van der Waals surface area contributed by atoms with Crippen molar-refractivity contribution in [2.75, 3.05) is 13.1 Å². The number of rotatable bonds is 2. The van der Waals surface area contributed by atoms with Crippen molar-refractivity contribution in [3.05, 3.63) is 29.7 Å². The Kier molecular flexibility index (Phi) is 4.29. The summed E-state index contributed by atoms with van der Waals surface area (Å²) in [5.41, 5.74) is -1.33. The van der Waals surface area contributed by atoms with E-state index in [0.29, 0.717) is 31.5 Å². The van der Waals surface area contributed by atoms with Gasteiger partial charge in [-0.05, 0) is 78.3 Å². The van der Waals surface area contributed by atoms with Gasteiger partial charge in [0, 0.05) is 13.1 Å². The first-order valence-corrected chi connectivity index (χ1v) is 9.99. The van der Waals surface area contributed by atoms with Crippen LogP contribution in [0.5, 0.6) is 0 Å². The molecule has 0 spiro atoms. The number of piperidine rings is 1. The van der Waals surface area contributed by atoms with Crippen LogP contribution in [-0.2, 0) is 14.0 Å². The number of hydrogen-bond acceptors (Lipinski definition) is 4. The first-order valence-electron chi connectivity index (χ1n) is 12.0. The Morgan fingerprint density at radius 2 is 1.61 bits per heavy atom. The molecular weight excluding hydrogens is 353 g/mol. The van der Waals surface area contributed by atoms with Crippen LogP contribution in [0.1, 0.15) is 78.3 Å². The second kappa shape index (κ2) is 7.38. The molecule has 0 aliphatic carbocycles. The molecule has 6 heteroatoms. The maximum atomic E-state index is 12.3.